The van der Waals surface area contributed by atoms with Crippen molar-refractivity contribution in [2.45, 2.75) is 19.4 Å². The predicted molar refractivity (Wildman–Crippen MR) is 63.2 cm³/mol. The van der Waals surface area contributed by atoms with Crippen LogP contribution in [0, 0.1) is 0 Å². The van der Waals surface area contributed by atoms with E-state index in [0.29, 0.717) is 0 Å². The van der Waals surface area contributed by atoms with Gasteiger partial charge in [-0.05, 0) is 19.9 Å². The normalized spacial score (nSPS) is 20.6. The van der Waals surface area contributed by atoms with Gasteiger partial charge in [0.15, 0.2) is 0 Å². The molecule has 16 heavy (non-hydrogen) atoms. The van der Waals surface area contributed by atoms with Gasteiger partial charge in [0, 0.05) is 33.3 Å². The van der Waals surface area contributed by atoms with E-state index in [1.54, 1.807) is 14.0 Å². The van der Waals surface area contributed by atoms with Crippen LogP contribution >= 0.6 is 0 Å². The van der Waals surface area contributed by atoms with Crippen LogP contribution in [0.4, 0.5) is 0 Å². The van der Waals surface area contributed by atoms with Gasteiger partial charge in [0.05, 0.1) is 12.6 Å². The number of methoxy groups -OCH3 is 1. The highest BCUT2D eigenvalue weighted by atomic mass is 16.5. The van der Waals surface area contributed by atoms with Crippen LogP contribution < -0.4 is 5.73 Å². The molecule has 0 aliphatic carbocycles. The number of carbonyl (C=O) groups is 1. The molecule has 1 atom stereocenters. The van der Waals surface area contributed by atoms with E-state index < -0.39 is 0 Å². The smallest absolute Gasteiger partial charge is 0.239 e. The Kier molecular flexibility index (Phi) is 5.73. The highest BCUT2D eigenvalue weighted by Crippen LogP contribution is 2.04. The van der Waals surface area contributed by atoms with Crippen molar-refractivity contribution in [2.24, 2.45) is 5.73 Å². The molecule has 0 aromatic rings. The second-order valence-corrected chi connectivity index (χ2v) is 4.30. The van der Waals surface area contributed by atoms with E-state index in [-0.39, 0.29) is 11.9 Å². The van der Waals surface area contributed by atoms with Gasteiger partial charge in [0.25, 0.3) is 0 Å². The van der Waals surface area contributed by atoms with Crippen molar-refractivity contribution in [3.8, 4) is 0 Å². The van der Waals surface area contributed by atoms with E-state index in [1.807, 2.05) is 4.90 Å². The largest absolute Gasteiger partial charge is 0.383 e. The number of nitrogens with zero attached hydrogens (tertiary/aromatic N) is 2. The summed E-state index contributed by atoms with van der Waals surface area (Å²) in [6, 6.07) is -0.384. The van der Waals surface area contributed by atoms with E-state index in [1.165, 1.54) is 0 Å². The summed E-state index contributed by atoms with van der Waals surface area (Å²) in [6.07, 6.45) is 1.02. The number of ether oxygens (including phenoxy) is 1. The number of amides is 1. The zero-order chi connectivity index (χ0) is 12.0. The van der Waals surface area contributed by atoms with Crippen molar-refractivity contribution < 1.29 is 9.53 Å². The monoisotopic (exact) mass is 229 g/mol. The molecule has 1 heterocycles. The van der Waals surface area contributed by atoms with Crippen molar-refractivity contribution >= 4 is 5.91 Å². The summed E-state index contributed by atoms with van der Waals surface area (Å²) in [5.41, 5.74) is 5.61. The van der Waals surface area contributed by atoms with Crippen LogP contribution in [0.1, 0.15) is 13.3 Å². The molecule has 1 aliphatic heterocycles. The van der Waals surface area contributed by atoms with E-state index in [2.05, 4.69) is 4.90 Å². The lowest BCUT2D eigenvalue weighted by Crippen LogP contribution is -2.43. The third-order valence-corrected chi connectivity index (χ3v) is 2.90. The van der Waals surface area contributed by atoms with E-state index in [9.17, 15) is 4.79 Å². The van der Waals surface area contributed by atoms with Crippen LogP contribution in [0.25, 0.3) is 0 Å². The zero-order valence-electron chi connectivity index (χ0n) is 10.3. The van der Waals surface area contributed by atoms with Crippen molar-refractivity contribution in [2.75, 3.05) is 46.4 Å². The third-order valence-electron chi connectivity index (χ3n) is 2.90. The van der Waals surface area contributed by atoms with E-state index in [4.69, 9.17) is 10.5 Å². The number of hydrogen-bond acceptors (Lipinski definition) is 4. The molecule has 0 aromatic heterocycles. The predicted octanol–water partition coefficient (Wildman–Crippen LogP) is -0.486. The minimum Gasteiger partial charge on any atom is -0.383 e. The summed E-state index contributed by atoms with van der Waals surface area (Å²) in [5.74, 6) is 0.0635. The molecule has 0 bridgehead atoms. The van der Waals surface area contributed by atoms with Crippen LogP contribution in [0.5, 0.6) is 0 Å². The maximum Gasteiger partial charge on any atom is 0.239 e. The summed E-state index contributed by atoms with van der Waals surface area (Å²) in [6.45, 7) is 7.00. The summed E-state index contributed by atoms with van der Waals surface area (Å²) in [7, 11) is 1.71. The Bertz CT molecular complexity index is 221. The topological polar surface area (TPSA) is 58.8 Å². The lowest BCUT2D eigenvalue weighted by Gasteiger charge is -2.23. The van der Waals surface area contributed by atoms with Crippen LogP contribution in [-0.4, -0.2) is 68.2 Å². The molecule has 1 fully saturated rings. The standard InChI is InChI=1S/C11H23N3O2/c1-10(12)11(15)14-5-3-4-13(6-7-14)8-9-16-2/h10H,3-9,12H2,1-2H3/t10-/m1/s1. The van der Waals surface area contributed by atoms with Crippen molar-refractivity contribution in [1.82, 2.24) is 9.80 Å². The fourth-order valence-electron chi connectivity index (χ4n) is 1.92. The van der Waals surface area contributed by atoms with Gasteiger partial charge < -0.3 is 15.4 Å². The molecular weight excluding hydrogens is 206 g/mol. The van der Waals surface area contributed by atoms with Crippen molar-refractivity contribution in [1.29, 1.82) is 0 Å². The van der Waals surface area contributed by atoms with Crippen LogP contribution in [0.15, 0.2) is 0 Å². The Balaban J connectivity index is 2.37. The van der Waals surface area contributed by atoms with Crippen LogP contribution in [0.3, 0.4) is 0 Å². The SMILES string of the molecule is COCCN1CCCN(C(=O)[C@@H](C)N)CC1. The quantitative estimate of drug-likeness (QED) is 0.707. The number of hydrogen-bond donors (Lipinski definition) is 1. The summed E-state index contributed by atoms with van der Waals surface area (Å²) >= 11 is 0. The van der Waals surface area contributed by atoms with Crippen LogP contribution in [0.2, 0.25) is 0 Å². The van der Waals surface area contributed by atoms with Gasteiger partial charge in [-0.2, -0.15) is 0 Å². The van der Waals surface area contributed by atoms with Gasteiger partial charge >= 0.3 is 0 Å². The molecule has 5 heteroatoms. The second-order valence-electron chi connectivity index (χ2n) is 4.30. The Labute approximate surface area is 97.5 Å². The number of carbonyl (C=O) groups excluding carboxylic acids is 1. The molecule has 94 valence electrons. The van der Waals surface area contributed by atoms with Crippen LogP contribution in [-0.2, 0) is 9.53 Å². The Hall–Kier alpha value is -0.650. The summed E-state index contributed by atoms with van der Waals surface area (Å²) < 4.78 is 5.06. The minimum absolute atomic E-state index is 0.0635. The van der Waals surface area contributed by atoms with E-state index in [0.717, 1.165) is 45.8 Å². The number of nitrogens with two attached hydrogens (primary N) is 1. The molecule has 5 nitrogen and oxygen atoms in total. The third kappa shape index (κ3) is 4.08. The highest BCUT2D eigenvalue weighted by molar-refractivity contribution is 5.81. The fourth-order valence-corrected chi connectivity index (χ4v) is 1.92. The first-order valence-electron chi connectivity index (χ1n) is 5.91. The second kappa shape index (κ2) is 6.83. The molecule has 2 N–H and O–H groups in total. The first kappa shape index (κ1) is 13.4. The Morgan fingerprint density at radius 2 is 2.12 bits per heavy atom. The Morgan fingerprint density at radius 3 is 2.75 bits per heavy atom. The summed E-state index contributed by atoms with van der Waals surface area (Å²) in [4.78, 5) is 15.9. The number of rotatable bonds is 4. The maximum atomic E-state index is 11.7. The van der Waals surface area contributed by atoms with Gasteiger partial charge in [0.1, 0.15) is 0 Å². The minimum atomic E-state index is -0.384. The van der Waals surface area contributed by atoms with Gasteiger partial charge in [-0.15, -0.1) is 0 Å². The molecular formula is C11H23N3O2. The molecule has 0 radical (unpaired) electrons. The fraction of sp³-hybridized carbons (Fsp3) is 0.909. The van der Waals surface area contributed by atoms with Gasteiger partial charge in [0.2, 0.25) is 5.91 Å². The Morgan fingerprint density at radius 1 is 1.38 bits per heavy atom. The van der Waals surface area contributed by atoms with Gasteiger partial charge in [-0.3, -0.25) is 9.69 Å². The molecule has 1 rings (SSSR count). The lowest BCUT2D eigenvalue weighted by molar-refractivity contribution is -0.132. The van der Waals surface area contributed by atoms with Gasteiger partial charge in [-0.1, -0.05) is 0 Å². The maximum absolute atomic E-state index is 11.7. The average molecular weight is 229 g/mol. The zero-order valence-corrected chi connectivity index (χ0v) is 10.3. The molecule has 0 saturated carbocycles. The van der Waals surface area contributed by atoms with Crippen molar-refractivity contribution in [3.05, 3.63) is 0 Å². The molecule has 1 aliphatic rings. The van der Waals surface area contributed by atoms with E-state index >= 15 is 0 Å². The summed E-state index contributed by atoms with van der Waals surface area (Å²) in [5, 5.41) is 0. The highest BCUT2D eigenvalue weighted by Gasteiger charge is 2.20. The van der Waals surface area contributed by atoms with Gasteiger partial charge in [-0.25, -0.2) is 0 Å². The lowest BCUT2D eigenvalue weighted by atomic mass is 10.3. The molecule has 1 amide bonds. The molecule has 0 aromatic carbocycles. The first-order chi connectivity index (χ1) is 7.65. The van der Waals surface area contributed by atoms with Crippen molar-refractivity contribution in [3.63, 3.8) is 0 Å². The molecule has 1 saturated heterocycles. The average Bonchev–Trinajstić information content (AvgIpc) is 2.50. The first-order valence-corrected chi connectivity index (χ1v) is 5.91. The molecule has 0 spiro atoms. The molecule has 0 unspecified atom stereocenters.